The van der Waals surface area contributed by atoms with E-state index in [0.29, 0.717) is 22.7 Å². The summed E-state index contributed by atoms with van der Waals surface area (Å²) in [5, 5.41) is 18.7. The molecule has 0 saturated heterocycles. The van der Waals surface area contributed by atoms with Gasteiger partial charge in [0, 0.05) is 10.6 Å². The number of benzene rings is 2. The molecular formula is C25H25ClF4N6O2. The molecule has 2 aromatic carbocycles. The van der Waals surface area contributed by atoms with Crippen LogP contribution in [0.3, 0.4) is 0 Å². The van der Waals surface area contributed by atoms with Crippen LogP contribution >= 0.6 is 11.6 Å². The lowest BCUT2D eigenvalue weighted by Crippen LogP contribution is -2.37. The van der Waals surface area contributed by atoms with E-state index in [1.807, 2.05) is 32.0 Å². The number of aliphatic hydroxyl groups is 1. The first-order valence-electron chi connectivity index (χ1n) is 11.8. The lowest BCUT2D eigenvalue weighted by atomic mass is 10.1. The summed E-state index contributed by atoms with van der Waals surface area (Å²) in [5.41, 5.74) is 1.81. The van der Waals surface area contributed by atoms with Crippen LogP contribution in [0.25, 0.3) is 17.1 Å². The molecule has 0 aliphatic rings. The zero-order chi connectivity index (χ0) is 27.8. The highest BCUT2D eigenvalue weighted by Gasteiger charge is 2.39. The van der Waals surface area contributed by atoms with Crippen LogP contribution in [-0.2, 0) is 19.5 Å². The highest BCUT2D eigenvalue weighted by Crippen LogP contribution is 2.26. The summed E-state index contributed by atoms with van der Waals surface area (Å²) in [4.78, 5) is 17.5. The number of aryl methyl sites for hydroxylation is 2. The quantitative estimate of drug-likeness (QED) is 0.317. The molecular weight excluding hydrogens is 528 g/mol. The Morgan fingerprint density at radius 3 is 2.39 bits per heavy atom. The molecule has 0 bridgehead atoms. The summed E-state index contributed by atoms with van der Waals surface area (Å²) in [5.74, 6) is -0.0527. The van der Waals surface area contributed by atoms with Crippen molar-refractivity contribution in [1.82, 2.24) is 29.1 Å². The van der Waals surface area contributed by atoms with E-state index in [2.05, 4.69) is 15.2 Å². The molecule has 8 nitrogen and oxygen atoms in total. The zero-order valence-electron chi connectivity index (χ0n) is 20.7. The Hall–Kier alpha value is -3.51. The van der Waals surface area contributed by atoms with Crippen LogP contribution in [-0.4, -0.2) is 46.5 Å². The molecule has 0 radical (unpaired) electrons. The van der Waals surface area contributed by atoms with Gasteiger partial charge in [-0.2, -0.15) is 13.2 Å². The zero-order valence-corrected chi connectivity index (χ0v) is 21.5. The molecule has 2 unspecified atom stereocenters. The Morgan fingerprint density at radius 1 is 1.11 bits per heavy atom. The highest BCUT2D eigenvalue weighted by atomic mass is 35.5. The molecule has 2 heterocycles. The number of rotatable bonds is 8. The van der Waals surface area contributed by atoms with Crippen LogP contribution in [0.2, 0.25) is 5.02 Å². The fourth-order valence-electron chi connectivity index (χ4n) is 4.10. The third-order valence-corrected chi connectivity index (χ3v) is 6.25. The minimum absolute atomic E-state index is 0.0156. The van der Waals surface area contributed by atoms with Gasteiger partial charge in [-0.25, -0.2) is 23.5 Å². The molecule has 13 heteroatoms. The number of hydrogen-bond acceptors (Lipinski definition) is 5. The maximum absolute atomic E-state index is 14.6. The Balaban J connectivity index is 1.80. The van der Waals surface area contributed by atoms with Gasteiger partial charge >= 0.3 is 11.9 Å². The van der Waals surface area contributed by atoms with E-state index in [9.17, 15) is 27.5 Å². The largest absolute Gasteiger partial charge is 0.416 e. The number of para-hydroxylation sites is 1. The van der Waals surface area contributed by atoms with Crippen LogP contribution in [0.4, 0.5) is 17.6 Å². The van der Waals surface area contributed by atoms with Gasteiger partial charge in [-0.15, -0.1) is 10.2 Å². The third kappa shape index (κ3) is 5.51. The van der Waals surface area contributed by atoms with Gasteiger partial charge < -0.3 is 5.11 Å². The molecule has 4 aromatic rings. The molecule has 38 heavy (non-hydrogen) atoms. The van der Waals surface area contributed by atoms with Crippen LogP contribution in [0.15, 0.2) is 47.3 Å². The maximum atomic E-state index is 14.6. The molecule has 0 saturated carbocycles. The summed E-state index contributed by atoms with van der Waals surface area (Å²) < 4.78 is 57.0. The van der Waals surface area contributed by atoms with Crippen molar-refractivity contribution >= 4 is 11.6 Å². The van der Waals surface area contributed by atoms with Crippen molar-refractivity contribution < 1.29 is 22.7 Å². The number of aliphatic hydroxyl groups excluding tert-OH is 1. The minimum Gasteiger partial charge on any atom is -0.382 e. The Labute approximate surface area is 220 Å². The van der Waals surface area contributed by atoms with Crippen LogP contribution < -0.4 is 5.69 Å². The Bertz CT molecular complexity index is 1490. The summed E-state index contributed by atoms with van der Waals surface area (Å²) in [7, 11) is 0. The molecule has 202 valence electrons. The Kier molecular flexibility index (Phi) is 7.75. The van der Waals surface area contributed by atoms with E-state index in [0.717, 1.165) is 20.4 Å². The van der Waals surface area contributed by atoms with E-state index in [1.165, 1.54) is 35.9 Å². The van der Waals surface area contributed by atoms with Gasteiger partial charge in [0.15, 0.2) is 29.7 Å². The molecule has 4 rings (SSSR count). The van der Waals surface area contributed by atoms with Crippen molar-refractivity contribution in [3.8, 4) is 17.1 Å². The van der Waals surface area contributed by atoms with Crippen LogP contribution in [0.5, 0.6) is 0 Å². The van der Waals surface area contributed by atoms with Crippen molar-refractivity contribution in [2.75, 3.05) is 0 Å². The fourth-order valence-corrected chi connectivity index (χ4v) is 4.22. The molecule has 0 spiro atoms. The van der Waals surface area contributed by atoms with Crippen molar-refractivity contribution in [2.45, 2.75) is 58.7 Å². The van der Waals surface area contributed by atoms with Crippen molar-refractivity contribution in [3.05, 3.63) is 80.7 Å². The van der Waals surface area contributed by atoms with E-state index < -0.39 is 30.7 Å². The third-order valence-electron chi connectivity index (χ3n) is 6.00. The number of nitrogens with zero attached hydrogens (tertiary/aromatic N) is 6. The lowest BCUT2D eigenvalue weighted by molar-refractivity contribution is -0.207. The predicted octanol–water partition coefficient (Wildman–Crippen LogP) is 4.82. The molecule has 2 aromatic heterocycles. The fraction of sp³-hybridized carbons (Fsp3) is 0.360. The van der Waals surface area contributed by atoms with E-state index in [-0.39, 0.29) is 24.0 Å². The number of aromatic nitrogens is 6. The molecule has 0 aliphatic carbocycles. The van der Waals surface area contributed by atoms with Gasteiger partial charge in [0.2, 0.25) is 0 Å². The summed E-state index contributed by atoms with van der Waals surface area (Å²) in [6.07, 6.45) is -8.59. The minimum atomic E-state index is -4.95. The van der Waals surface area contributed by atoms with Crippen molar-refractivity contribution in [3.63, 3.8) is 0 Å². The van der Waals surface area contributed by atoms with Crippen molar-refractivity contribution in [1.29, 1.82) is 0 Å². The van der Waals surface area contributed by atoms with Crippen molar-refractivity contribution in [2.24, 2.45) is 0 Å². The monoisotopic (exact) mass is 552 g/mol. The molecule has 0 aliphatic heterocycles. The molecule has 1 N–H and O–H groups in total. The van der Waals surface area contributed by atoms with Gasteiger partial charge in [-0.05, 0) is 55.7 Å². The lowest BCUT2D eigenvalue weighted by Gasteiger charge is -2.15. The van der Waals surface area contributed by atoms with E-state index >= 15 is 0 Å². The summed E-state index contributed by atoms with van der Waals surface area (Å²) in [6.45, 7) is 3.71. The molecule has 0 amide bonds. The summed E-state index contributed by atoms with van der Waals surface area (Å²) in [6, 6.07) is 11.6. The Morgan fingerprint density at radius 2 is 1.79 bits per heavy atom. The number of hydrogen-bond donors (Lipinski definition) is 1. The second-order valence-corrected chi connectivity index (χ2v) is 9.23. The van der Waals surface area contributed by atoms with Gasteiger partial charge in [0.25, 0.3) is 0 Å². The SMILES string of the molecule is CCc1cccc(C)c1-n1nc(Cn2nc(-c3ccc(Cl)cc3)n(CC(O)C(F)(F)F)c2=O)nc1C(C)F. The standard InChI is InChI=1S/C25H25ClF4N6O2/c1-4-16-7-5-6-14(2)21(16)36-22(15(3)27)31-20(32-36)13-35-24(38)34(12-19(37)25(28,29)30)23(33-35)17-8-10-18(26)11-9-17/h5-11,15,19,37H,4,12-13H2,1-3H3. The van der Waals surface area contributed by atoms with Gasteiger partial charge in [-0.3, -0.25) is 4.57 Å². The normalized spacial score (nSPS) is 13.6. The van der Waals surface area contributed by atoms with Gasteiger partial charge in [0.05, 0.1) is 12.2 Å². The highest BCUT2D eigenvalue weighted by molar-refractivity contribution is 6.30. The number of alkyl halides is 4. The average molecular weight is 553 g/mol. The topological polar surface area (TPSA) is 90.8 Å². The summed E-state index contributed by atoms with van der Waals surface area (Å²) >= 11 is 5.92. The maximum Gasteiger partial charge on any atom is 0.416 e. The molecule has 2 atom stereocenters. The first kappa shape index (κ1) is 27.5. The van der Waals surface area contributed by atoms with Crippen LogP contribution in [0, 0.1) is 6.92 Å². The first-order chi connectivity index (χ1) is 17.9. The average Bonchev–Trinajstić information content (AvgIpc) is 3.40. The van der Waals surface area contributed by atoms with Crippen LogP contribution in [0.1, 0.15) is 42.8 Å². The van der Waals surface area contributed by atoms with E-state index in [1.54, 1.807) is 0 Å². The van der Waals surface area contributed by atoms with Gasteiger partial charge in [-0.1, -0.05) is 36.7 Å². The molecule has 0 fully saturated rings. The van der Waals surface area contributed by atoms with Gasteiger partial charge in [0.1, 0.15) is 6.54 Å². The smallest absolute Gasteiger partial charge is 0.382 e. The second-order valence-electron chi connectivity index (χ2n) is 8.79. The first-order valence-corrected chi connectivity index (χ1v) is 12.2. The second kappa shape index (κ2) is 10.7. The van der Waals surface area contributed by atoms with E-state index in [4.69, 9.17) is 11.6 Å². The predicted molar refractivity (Wildman–Crippen MR) is 133 cm³/mol. The number of halogens is 5.